The van der Waals surface area contributed by atoms with Gasteiger partial charge in [-0.15, -0.1) is 0 Å². The van der Waals surface area contributed by atoms with Crippen LogP contribution in [-0.4, -0.2) is 5.84 Å². The maximum atomic E-state index is 5.73. The molecule has 4 saturated carbocycles. The highest BCUT2D eigenvalue weighted by Gasteiger charge is 2.56. The minimum absolute atomic E-state index is 0.0560. The van der Waals surface area contributed by atoms with Crippen molar-refractivity contribution in [2.75, 3.05) is 0 Å². The lowest BCUT2D eigenvalue weighted by Crippen LogP contribution is -2.50. The Morgan fingerprint density at radius 3 is 2.34 bits per heavy atom. The third-order valence-electron chi connectivity index (χ3n) is 12.3. The van der Waals surface area contributed by atoms with Crippen molar-refractivity contribution in [1.82, 2.24) is 5.43 Å². The van der Waals surface area contributed by atoms with E-state index in [2.05, 4.69) is 52.1 Å². The van der Waals surface area contributed by atoms with Gasteiger partial charge in [0.1, 0.15) is 5.84 Å². The smallest absolute Gasteiger partial charge is 0.139 e. The van der Waals surface area contributed by atoms with Crippen LogP contribution in [0.25, 0.3) is 0 Å². The predicted octanol–water partition coefficient (Wildman–Crippen LogP) is 6.46. The Morgan fingerprint density at radius 2 is 1.66 bits per heavy atom. The summed E-state index contributed by atoms with van der Waals surface area (Å²) in [6.07, 6.45) is 16.3. The van der Waals surface area contributed by atoms with Crippen LogP contribution in [0.1, 0.15) is 112 Å². The van der Waals surface area contributed by atoms with Gasteiger partial charge in [0, 0.05) is 5.92 Å². The van der Waals surface area contributed by atoms with Crippen molar-refractivity contribution in [2.45, 2.75) is 112 Å². The first-order chi connectivity index (χ1) is 15.1. The minimum Gasteiger partial charge on any atom is -0.322 e. The second-order valence-electron chi connectivity index (χ2n) is 13.7. The summed E-state index contributed by atoms with van der Waals surface area (Å²) in [5, 5.41) is 3.95. The maximum absolute atomic E-state index is 5.73. The molecule has 8 unspecified atom stereocenters. The predicted molar refractivity (Wildman–Crippen MR) is 136 cm³/mol. The van der Waals surface area contributed by atoms with Crippen molar-refractivity contribution in [2.24, 2.45) is 74.5 Å². The molecule has 4 rings (SSSR count). The highest BCUT2D eigenvalue weighted by Crippen LogP contribution is 2.65. The zero-order chi connectivity index (χ0) is 23.3. The summed E-state index contributed by atoms with van der Waals surface area (Å²) in [7, 11) is 0. The van der Waals surface area contributed by atoms with Crippen LogP contribution >= 0.6 is 0 Å². The van der Waals surface area contributed by atoms with Crippen molar-refractivity contribution >= 4 is 5.84 Å². The molecule has 0 aromatic heterocycles. The number of amidine groups is 1. The minimum atomic E-state index is 0.0560. The van der Waals surface area contributed by atoms with Gasteiger partial charge in [-0.25, -0.2) is 5.84 Å². The topological polar surface area (TPSA) is 76.4 Å². The molecule has 0 bridgehead atoms. The van der Waals surface area contributed by atoms with Crippen LogP contribution < -0.4 is 17.1 Å². The van der Waals surface area contributed by atoms with Crippen LogP contribution in [0.3, 0.4) is 0 Å². The van der Waals surface area contributed by atoms with Gasteiger partial charge in [-0.05, 0) is 110 Å². The summed E-state index contributed by atoms with van der Waals surface area (Å²) in [4.78, 5) is 0. The lowest BCUT2D eigenvalue weighted by molar-refractivity contribution is -0.0893. The van der Waals surface area contributed by atoms with E-state index in [9.17, 15) is 0 Å². The fraction of sp³-hybridized carbons (Fsp3) is 0.964. The number of nitrogens with zero attached hydrogens (tertiary/aromatic N) is 1. The third-order valence-corrected chi connectivity index (χ3v) is 12.3. The van der Waals surface area contributed by atoms with E-state index < -0.39 is 0 Å². The molecule has 184 valence electrons. The van der Waals surface area contributed by atoms with E-state index in [0.717, 1.165) is 35.5 Å². The highest BCUT2D eigenvalue weighted by molar-refractivity contribution is 5.84. The van der Waals surface area contributed by atoms with Gasteiger partial charge in [-0.1, -0.05) is 54.4 Å². The summed E-state index contributed by atoms with van der Waals surface area (Å²) in [5.74, 6) is 18.2. The number of hydrogen-bond acceptors (Lipinski definition) is 3. The molecule has 0 amide bonds. The molecule has 0 aromatic rings. The van der Waals surface area contributed by atoms with Crippen molar-refractivity contribution < 1.29 is 0 Å². The number of rotatable bonds is 5. The number of nitrogens with two attached hydrogens (primary N) is 2. The van der Waals surface area contributed by atoms with Gasteiger partial charge in [0.25, 0.3) is 0 Å². The van der Waals surface area contributed by atoms with E-state index in [4.69, 9.17) is 11.7 Å². The molecular weight excluding hydrogens is 392 g/mol. The molecule has 32 heavy (non-hydrogen) atoms. The van der Waals surface area contributed by atoms with Gasteiger partial charge in [0.15, 0.2) is 0 Å². The maximum Gasteiger partial charge on any atom is 0.139 e. The average molecular weight is 445 g/mol. The van der Waals surface area contributed by atoms with Crippen LogP contribution in [0, 0.1) is 57.7 Å². The van der Waals surface area contributed by atoms with Gasteiger partial charge in [0.05, 0.1) is 0 Å². The standard InChI is InChI=1S/C28H52N4/c1-18(25(31-29)32-30)27(4,5)26(2,3)17-19-10-12-22-21(19)14-15-24-23(22)13-11-20-9-7-8-16-28(20,24)6/h18-24H,7-17,29-30H2,1-6H3,(H,31,32). The molecule has 4 aliphatic carbocycles. The molecule has 0 aromatic carbocycles. The average Bonchev–Trinajstić information content (AvgIpc) is 3.16. The molecule has 4 fully saturated rings. The van der Waals surface area contributed by atoms with Crippen LogP contribution in [0.4, 0.5) is 0 Å². The first kappa shape index (κ1) is 24.4. The third kappa shape index (κ3) is 3.81. The van der Waals surface area contributed by atoms with Gasteiger partial charge >= 0.3 is 0 Å². The molecule has 4 heteroatoms. The zero-order valence-corrected chi connectivity index (χ0v) is 21.9. The Kier molecular flexibility index (Phi) is 6.68. The summed E-state index contributed by atoms with van der Waals surface area (Å²) in [6.45, 7) is 14.6. The van der Waals surface area contributed by atoms with Crippen LogP contribution in [0.15, 0.2) is 5.10 Å². The molecule has 0 spiro atoms. The van der Waals surface area contributed by atoms with Gasteiger partial charge in [-0.3, -0.25) is 0 Å². The number of fused-ring (bicyclic) bond motifs is 5. The lowest BCUT2D eigenvalue weighted by atomic mass is 9.47. The van der Waals surface area contributed by atoms with E-state index in [0.29, 0.717) is 11.3 Å². The number of hydrogen-bond donors (Lipinski definition) is 3. The van der Waals surface area contributed by atoms with Gasteiger partial charge < -0.3 is 11.3 Å². The summed E-state index contributed by atoms with van der Waals surface area (Å²) >= 11 is 0. The van der Waals surface area contributed by atoms with Crippen molar-refractivity contribution in [1.29, 1.82) is 0 Å². The Bertz CT molecular complexity index is 698. The number of hydrazine groups is 1. The van der Waals surface area contributed by atoms with E-state index >= 15 is 0 Å². The molecule has 0 heterocycles. The second kappa shape index (κ2) is 8.78. The first-order valence-electron chi connectivity index (χ1n) is 13.8. The van der Waals surface area contributed by atoms with Crippen LogP contribution in [0.2, 0.25) is 0 Å². The monoisotopic (exact) mass is 444 g/mol. The normalized spacial score (nSPS) is 41.4. The number of nitrogens with one attached hydrogen (secondary N) is 1. The molecule has 4 aliphatic rings. The van der Waals surface area contributed by atoms with Crippen molar-refractivity contribution in [3.05, 3.63) is 0 Å². The number of hydrazone groups is 1. The fourth-order valence-electron chi connectivity index (χ4n) is 9.44. The Morgan fingerprint density at radius 1 is 0.969 bits per heavy atom. The molecule has 0 saturated heterocycles. The van der Waals surface area contributed by atoms with Crippen LogP contribution in [-0.2, 0) is 0 Å². The Balaban J connectivity index is 1.47. The molecular formula is C28H52N4. The SMILES string of the molecule is CC(/C(=N/N)NN)C(C)(C)C(C)(C)CC1CCC2C1CCC1C2CCC2CCCCC21C. The van der Waals surface area contributed by atoms with Crippen molar-refractivity contribution in [3.8, 4) is 0 Å². The van der Waals surface area contributed by atoms with E-state index in [-0.39, 0.29) is 16.7 Å². The van der Waals surface area contributed by atoms with Crippen LogP contribution in [0.5, 0.6) is 0 Å². The highest BCUT2D eigenvalue weighted by atomic mass is 15.3. The summed E-state index contributed by atoms with van der Waals surface area (Å²) in [6, 6.07) is 0. The van der Waals surface area contributed by atoms with E-state index in [1.54, 1.807) is 0 Å². The van der Waals surface area contributed by atoms with Gasteiger partial charge in [0.2, 0.25) is 0 Å². The van der Waals surface area contributed by atoms with Gasteiger partial charge in [-0.2, -0.15) is 5.10 Å². The molecule has 0 aliphatic heterocycles. The Labute approximate surface area is 198 Å². The van der Waals surface area contributed by atoms with E-state index in [1.165, 1.54) is 70.6 Å². The molecule has 4 nitrogen and oxygen atoms in total. The molecule has 0 radical (unpaired) electrons. The quantitative estimate of drug-likeness (QED) is 0.197. The largest absolute Gasteiger partial charge is 0.322 e. The first-order valence-corrected chi connectivity index (χ1v) is 13.8. The molecule has 8 atom stereocenters. The summed E-state index contributed by atoms with van der Waals surface area (Å²) < 4.78 is 0. The summed E-state index contributed by atoms with van der Waals surface area (Å²) in [5.41, 5.74) is 3.66. The van der Waals surface area contributed by atoms with Crippen molar-refractivity contribution in [3.63, 3.8) is 0 Å². The molecule has 5 N–H and O–H groups in total. The second-order valence-corrected chi connectivity index (χ2v) is 13.7. The lowest BCUT2D eigenvalue weighted by Gasteiger charge is -2.58. The zero-order valence-electron chi connectivity index (χ0n) is 21.9. The Hall–Kier alpha value is -0.770. The fourth-order valence-corrected chi connectivity index (χ4v) is 9.44. The van der Waals surface area contributed by atoms with E-state index in [1.807, 2.05) is 0 Å².